The number of nitrogens with one attached hydrogen (secondary N) is 1. The van der Waals surface area contributed by atoms with Gasteiger partial charge >= 0.3 is 5.97 Å². The first-order valence-corrected chi connectivity index (χ1v) is 8.36. The van der Waals surface area contributed by atoms with Gasteiger partial charge in [-0.05, 0) is 31.0 Å². The first-order valence-electron chi connectivity index (χ1n) is 6.87. The lowest BCUT2D eigenvalue weighted by Crippen LogP contribution is -2.36. The third kappa shape index (κ3) is 3.74. The predicted molar refractivity (Wildman–Crippen MR) is 77.1 cm³/mol. The van der Waals surface area contributed by atoms with Crippen molar-refractivity contribution in [2.24, 2.45) is 0 Å². The average Bonchev–Trinajstić information content (AvgIpc) is 2.47. The smallest absolute Gasteiger partial charge is 0.335 e. The van der Waals surface area contributed by atoms with Crippen molar-refractivity contribution in [3.8, 4) is 5.75 Å². The number of carboxylic acid groups (broad SMARTS) is 1. The van der Waals surface area contributed by atoms with Gasteiger partial charge in [-0.1, -0.05) is 19.3 Å². The van der Waals surface area contributed by atoms with Gasteiger partial charge in [-0.2, -0.15) is 0 Å². The number of carbonyl (C=O) groups is 1. The van der Waals surface area contributed by atoms with Crippen LogP contribution in [0.25, 0.3) is 0 Å². The van der Waals surface area contributed by atoms with Gasteiger partial charge in [0.25, 0.3) is 0 Å². The molecule has 0 aliphatic heterocycles. The fraction of sp³-hybridized carbons (Fsp3) is 0.500. The number of rotatable bonds is 5. The Morgan fingerprint density at radius 2 is 1.95 bits per heavy atom. The maximum atomic E-state index is 12.5. The summed E-state index contributed by atoms with van der Waals surface area (Å²) in [6, 6.07) is 3.72. The van der Waals surface area contributed by atoms with Crippen LogP contribution in [0.15, 0.2) is 23.1 Å². The Bertz CT molecular complexity index is 620. The maximum Gasteiger partial charge on any atom is 0.335 e. The lowest BCUT2D eigenvalue weighted by molar-refractivity contribution is 0.0696. The summed E-state index contributed by atoms with van der Waals surface area (Å²) in [5.41, 5.74) is -0.0835. The molecule has 0 atom stereocenters. The van der Waals surface area contributed by atoms with E-state index in [2.05, 4.69) is 4.72 Å². The van der Waals surface area contributed by atoms with E-state index in [0.717, 1.165) is 38.2 Å². The number of benzene rings is 1. The van der Waals surface area contributed by atoms with E-state index < -0.39 is 16.0 Å². The molecule has 1 saturated carbocycles. The minimum atomic E-state index is -3.80. The minimum absolute atomic E-state index is 0.0835. The standard InChI is InChI=1S/C14H19NO5S/c1-20-12-8-7-10(14(16)17)9-13(12)21(18,19)15-11-5-3-2-4-6-11/h7-9,11,15H,2-6H2,1H3,(H,16,17). The second-order valence-corrected chi connectivity index (χ2v) is 6.81. The van der Waals surface area contributed by atoms with Crippen LogP contribution in [0.3, 0.4) is 0 Å². The van der Waals surface area contributed by atoms with Crippen LogP contribution in [0.2, 0.25) is 0 Å². The summed E-state index contributed by atoms with van der Waals surface area (Å²) in [4.78, 5) is 10.9. The van der Waals surface area contributed by atoms with Crippen LogP contribution in [0.1, 0.15) is 42.5 Å². The highest BCUT2D eigenvalue weighted by atomic mass is 32.2. The molecular weight excluding hydrogens is 294 g/mol. The van der Waals surface area contributed by atoms with Gasteiger partial charge in [0.05, 0.1) is 12.7 Å². The molecule has 1 aromatic rings. The van der Waals surface area contributed by atoms with Crippen LogP contribution < -0.4 is 9.46 Å². The quantitative estimate of drug-likeness (QED) is 0.867. The number of hydrogen-bond donors (Lipinski definition) is 2. The van der Waals surface area contributed by atoms with Gasteiger partial charge in [-0.3, -0.25) is 0 Å². The van der Waals surface area contributed by atoms with Gasteiger partial charge in [0.2, 0.25) is 10.0 Å². The lowest BCUT2D eigenvalue weighted by Gasteiger charge is -2.23. The molecule has 2 N–H and O–H groups in total. The minimum Gasteiger partial charge on any atom is -0.495 e. The molecule has 1 aliphatic rings. The number of carboxylic acids is 1. The van der Waals surface area contributed by atoms with Crippen molar-refractivity contribution < 1.29 is 23.1 Å². The first-order chi connectivity index (χ1) is 9.94. The number of aromatic carboxylic acids is 1. The normalized spacial score (nSPS) is 16.6. The predicted octanol–water partition coefficient (Wildman–Crippen LogP) is 2.00. The summed E-state index contributed by atoms with van der Waals surface area (Å²) in [5, 5.41) is 9.00. The van der Waals surface area contributed by atoms with Gasteiger partial charge in [0.1, 0.15) is 10.6 Å². The van der Waals surface area contributed by atoms with Crippen molar-refractivity contribution in [1.82, 2.24) is 4.72 Å². The van der Waals surface area contributed by atoms with Crippen LogP contribution in [0.4, 0.5) is 0 Å². The number of methoxy groups -OCH3 is 1. The highest BCUT2D eigenvalue weighted by Crippen LogP contribution is 2.27. The largest absolute Gasteiger partial charge is 0.495 e. The summed E-state index contributed by atoms with van der Waals surface area (Å²) >= 11 is 0. The van der Waals surface area contributed by atoms with Gasteiger partial charge in [0.15, 0.2) is 0 Å². The monoisotopic (exact) mass is 313 g/mol. The van der Waals surface area contributed by atoms with Crippen molar-refractivity contribution in [3.05, 3.63) is 23.8 Å². The van der Waals surface area contributed by atoms with E-state index in [4.69, 9.17) is 9.84 Å². The zero-order valence-corrected chi connectivity index (χ0v) is 12.6. The van der Waals surface area contributed by atoms with E-state index in [9.17, 15) is 13.2 Å². The van der Waals surface area contributed by atoms with Crippen LogP contribution in [0.5, 0.6) is 5.75 Å². The van der Waals surface area contributed by atoms with E-state index >= 15 is 0 Å². The van der Waals surface area contributed by atoms with Gasteiger partial charge < -0.3 is 9.84 Å². The lowest BCUT2D eigenvalue weighted by atomic mass is 9.96. The fourth-order valence-electron chi connectivity index (χ4n) is 2.52. The number of ether oxygens (including phenoxy) is 1. The van der Waals surface area contributed by atoms with Crippen LogP contribution >= 0.6 is 0 Å². The third-order valence-electron chi connectivity index (χ3n) is 3.63. The Labute approximate surface area is 124 Å². The molecule has 2 rings (SSSR count). The molecule has 1 fully saturated rings. The highest BCUT2D eigenvalue weighted by molar-refractivity contribution is 7.89. The van der Waals surface area contributed by atoms with Crippen molar-refractivity contribution in [2.75, 3.05) is 7.11 Å². The Hall–Kier alpha value is -1.60. The van der Waals surface area contributed by atoms with Gasteiger partial charge in [-0.25, -0.2) is 17.9 Å². The average molecular weight is 313 g/mol. The van der Waals surface area contributed by atoms with E-state index in [0.29, 0.717) is 0 Å². The molecule has 0 spiro atoms. The molecule has 0 heterocycles. The topological polar surface area (TPSA) is 92.7 Å². The van der Waals surface area contributed by atoms with Gasteiger partial charge in [0, 0.05) is 6.04 Å². The Morgan fingerprint density at radius 1 is 1.29 bits per heavy atom. The van der Waals surface area contributed by atoms with Crippen molar-refractivity contribution >= 4 is 16.0 Å². The molecular formula is C14H19NO5S. The maximum absolute atomic E-state index is 12.5. The van der Waals surface area contributed by atoms with Crippen molar-refractivity contribution in [3.63, 3.8) is 0 Å². The van der Waals surface area contributed by atoms with E-state index in [1.807, 2.05) is 0 Å². The second kappa shape index (κ2) is 6.44. The van der Waals surface area contributed by atoms with Crippen molar-refractivity contribution in [2.45, 2.75) is 43.0 Å². The summed E-state index contributed by atoms with van der Waals surface area (Å²) < 4.78 is 32.6. The Balaban J connectivity index is 2.32. The SMILES string of the molecule is COc1ccc(C(=O)O)cc1S(=O)(=O)NC1CCCCC1. The zero-order chi connectivity index (χ0) is 15.5. The molecule has 1 aliphatic carbocycles. The first kappa shape index (κ1) is 15.8. The third-order valence-corrected chi connectivity index (χ3v) is 5.17. The molecule has 1 aromatic carbocycles. The zero-order valence-electron chi connectivity index (χ0n) is 11.8. The molecule has 0 unspecified atom stereocenters. The highest BCUT2D eigenvalue weighted by Gasteiger charge is 2.25. The summed E-state index contributed by atoms with van der Waals surface area (Å²) in [6.45, 7) is 0. The molecule has 116 valence electrons. The van der Waals surface area contributed by atoms with E-state index in [1.165, 1.54) is 19.2 Å². The Morgan fingerprint density at radius 3 is 2.52 bits per heavy atom. The molecule has 0 radical (unpaired) electrons. The molecule has 0 amide bonds. The van der Waals surface area contributed by atoms with Crippen molar-refractivity contribution in [1.29, 1.82) is 0 Å². The van der Waals surface area contributed by atoms with Gasteiger partial charge in [-0.15, -0.1) is 0 Å². The van der Waals surface area contributed by atoms with E-state index in [1.54, 1.807) is 0 Å². The number of sulfonamides is 1. The molecule has 6 nitrogen and oxygen atoms in total. The second-order valence-electron chi connectivity index (χ2n) is 5.13. The van der Waals surface area contributed by atoms with E-state index in [-0.39, 0.29) is 22.3 Å². The summed E-state index contributed by atoms with van der Waals surface area (Å²) in [7, 11) is -2.44. The van der Waals surface area contributed by atoms with Crippen LogP contribution in [-0.2, 0) is 10.0 Å². The summed E-state index contributed by atoms with van der Waals surface area (Å²) in [6.07, 6.45) is 4.73. The molecule has 21 heavy (non-hydrogen) atoms. The molecule has 0 bridgehead atoms. The summed E-state index contributed by atoms with van der Waals surface area (Å²) in [5.74, 6) is -1.03. The molecule has 7 heteroatoms. The fourth-order valence-corrected chi connectivity index (χ4v) is 4.02. The van der Waals surface area contributed by atoms with Crippen LogP contribution in [-0.4, -0.2) is 32.6 Å². The molecule has 0 aromatic heterocycles. The Kier molecular flexibility index (Phi) is 4.84. The number of hydrogen-bond acceptors (Lipinski definition) is 4. The molecule has 0 saturated heterocycles. The van der Waals surface area contributed by atoms with Crippen LogP contribution in [0, 0.1) is 0 Å².